The molecule has 1 aromatic carbocycles. The van der Waals surface area contributed by atoms with Crippen molar-refractivity contribution >= 4 is 17.7 Å². The number of halogens is 1. The number of carbonyl (C=O) groups excluding carboxylic acids is 1. The first-order chi connectivity index (χ1) is 12.7. The monoisotopic (exact) mass is 367 g/mol. The van der Waals surface area contributed by atoms with E-state index < -0.39 is 0 Å². The zero-order chi connectivity index (χ0) is 18.2. The molecule has 2 heterocycles. The van der Waals surface area contributed by atoms with Crippen molar-refractivity contribution < 1.29 is 9.18 Å². The van der Waals surface area contributed by atoms with Gasteiger partial charge in [0.2, 0.25) is 0 Å². The lowest BCUT2D eigenvalue weighted by Crippen LogP contribution is -2.26. The molecule has 6 heteroatoms. The number of pyridine rings is 2. The fourth-order valence-electron chi connectivity index (χ4n) is 2.36. The molecule has 0 aliphatic rings. The van der Waals surface area contributed by atoms with Crippen molar-refractivity contribution in [1.29, 1.82) is 0 Å². The molecule has 0 fully saturated rings. The molecule has 4 nitrogen and oxygen atoms in total. The summed E-state index contributed by atoms with van der Waals surface area (Å²) in [4.78, 5) is 21.0. The Kier molecular flexibility index (Phi) is 6.33. The molecule has 0 bridgehead atoms. The van der Waals surface area contributed by atoms with Gasteiger partial charge >= 0.3 is 0 Å². The molecule has 26 heavy (non-hydrogen) atoms. The van der Waals surface area contributed by atoms with E-state index in [-0.39, 0.29) is 11.7 Å². The number of thioether (sulfide) groups is 1. The van der Waals surface area contributed by atoms with Crippen molar-refractivity contribution in [3.63, 3.8) is 0 Å². The van der Waals surface area contributed by atoms with Gasteiger partial charge in [0.1, 0.15) is 10.8 Å². The number of hydrogen-bond donors (Lipinski definition) is 1. The van der Waals surface area contributed by atoms with Crippen molar-refractivity contribution in [2.24, 2.45) is 0 Å². The van der Waals surface area contributed by atoms with E-state index in [9.17, 15) is 9.18 Å². The van der Waals surface area contributed by atoms with Gasteiger partial charge in [-0.2, -0.15) is 0 Å². The van der Waals surface area contributed by atoms with Crippen LogP contribution in [0.15, 0.2) is 72.0 Å². The molecule has 0 spiro atoms. The summed E-state index contributed by atoms with van der Waals surface area (Å²) in [5.41, 5.74) is 2.45. The third-order valence-electron chi connectivity index (χ3n) is 3.70. The quantitative estimate of drug-likeness (QED) is 0.644. The number of rotatable bonds is 7. The smallest absolute Gasteiger partial charge is 0.254 e. The van der Waals surface area contributed by atoms with Crippen molar-refractivity contribution in [2.45, 2.75) is 17.2 Å². The molecule has 3 rings (SSSR count). The second kappa shape index (κ2) is 9.10. The van der Waals surface area contributed by atoms with Gasteiger partial charge in [0.05, 0.1) is 5.56 Å². The van der Waals surface area contributed by atoms with Crippen LogP contribution in [0.1, 0.15) is 21.6 Å². The van der Waals surface area contributed by atoms with E-state index in [1.165, 1.54) is 23.9 Å². The van der Waals surface area contributed by atoms with Gasteiger partial charge in [-0.25, -0.2) is 9.37 Å². The van der Waals surface area contributed by atoms with Crippen LogP contribution in [0.4, 0.5) is 4.39 Å². The summed E-state index contributed by atoms with van der Waals surface area (Å²) in [5, 5.41) is 3.57. The number of benzene rings is 1. The lowest BCUT2D eigenvalue weighted by atomic mass is 10.2. The van der Waals surface area contributed by atoms with Gasteiger partial charge < -0.3 is 5.32 Å². The molecular formula is C20H18FN3OS. The fourth-order valence-corrected chi connectivity index (χ4v) is 3.30. The first-order valence-electron chi connectivity index (χ1n) is 8.23. The van der Waals surface area contributed by atoms with Crippen molar-refractivity contribution in [3.05, 3.63) is 89.6 Å². The molecule has 0 aliphatic heterocycles. The number of carbonyl (C=O) groups is 1. The van der Waals surface area contributed by atoms with Gasteiger partial charge in [0.25, 0.3) is 5.91 Å². The molecule has 0 saturated heterocycles. The van der Waals surface area contributed by atoms with E-state index in [2.05, 4.69) is 15.3 Å². The molecule has 0 saturated carbocycles. The zero-order valence-electron chi connectivity index (χ0n) is 14.1. The average Bonchev–Trinajstić information content (AvgIpc) is 2.68. The van der Waals surface area contributed by atoms with Gasteiger partial charge in [-0.1, -0.05) is 18.2 Å². The molecule has 0 aliphatic carbocycles. The van der Waals surface area contributed by atoms with Gasteiger partial charge in [0.15, 0.2) is 0 Å². The van der Waals surface area contributed by atoms with Crippen molar-refractivity contribution in [3.8, 4) is 0 Å². The Balaban J connectivity index is 1.58. The Morgan fingerprint density at radius 2 is 1.81 bits per heavy atom. The normalized spacial score (nSPS) is 10.5. The second-order valence-corrected chi connectivity index (χ2v) is 6.56. The van der Waals surface area contributed by atoms with Crippen LogP contribution in [0.3, 0.4) is 0 Å². The minimum atomic E-state index is -0.260. The third-order valence-corrected chi connectivity index (χ3v) is 4.77. The highest BCUT2D eigenvalue weighted by atomic mass is 32.2. The molecule has 1 amide bonds. The van der Waals surface area contributed by atoms with Crippen LogP contribution in [-0.2, 0) is 12.2 Å². The third kappa shape index (κ3) is 5.13. The highest BCUT2D eigenvalue weighted by Crippen LogP contribution is 2.24. The maximum atomic E-state index is 13.0. The summed E-state index contributed by atoms with van der Waals surface area (Å²) in [5.74, 6) is 0.200. The van der Waals surface area contributed by atoms with Crippen LogP contribution in [0.2, 0.25) is 0 Å². The number of aromatic nitrogens is 2. The maximum Gasteiger partial charge on any atom is 0.254 e. The number of nitrogens with zero attached hydrogens (tertiary/aromatic N) is 2. The first-order valence-corrected chi connectivity index (χ1v) is 9.21. The van der Waals surface area contributed by atoms with Crippen molar-refractivity contribution in [1.82, 2.24) is 15.3 Å². The van der Waals surface area contributed by atoms with Crippen LogP contribution in [-0.4, -0.2) is 22.4 Å². The van der Waals surface area contributed by atoms with E-state index in [1.54, 1.807) is 36.7 Å². The zero-order valence-corrected chi connectivity index (χ0v) is 14.9. The summed E-state index contributed by atoms with van der Waals surface area (Å²) in [7, 11) is 0. The maximum absolute atomic E-state index is 13.0. The molecule has 0 atom stereocenters. The Hall–Kier alpha value is -2.73. The molecule has 0 radical (unpaired) electrons. The van der Waals surface area contributed by atoms with Gasteiger partial charge in [-0.3, -0.25) is 9.78 Å². The molecular weight excluding hydrogens is 349 g/mol. The van der Waals surface area contributed by atoms with Crippen LogP contribution in [0.25, 0.3) is 0 Å². The summed E-state index contributed by atoms with van der Waals surface area (Å²) in [6, 6.07) is 15.6. The van der Waals surface area contributed by atoms with E-state index >= 15 is 0 Å². The summed E-state index contributed by atoms with van der Waals surface area (Å²) >= 11 is 1.46. The van der Waals surface area contributed by atoms with Gasteiger partial charge in [-0.15, -0.1) is 11.8 Å². The van der Waals surface area contributed by atoms with Crippen LogP contribution >= 0.6 is 11.8 Å². The van der Waals surface area contributed by atoms with Crippen LogP contribution < -0.4 is 5.32 Å². The minimum absolute atomic E-state index is 0.157. The van der Waals surface area contributed by atoms with Crippen molar-refractivity contribution in [2.75, 3.05) is 6.54 Å². The fraction of sp³-hybridized carbons (Fsp3) is 0.150. The average molecular weight is 367 g/mol. The SMILES string of the molecule is O=C(NCCc1ccccn1)c1cccnc1SCc1ccc(F)cc1. The van der Waals surface area contributed by atoms with E-state index in [4.69, 9.17) is 0 Å². The van der Waals surface area contributed by atoms with E-state index in [1.807, 2.05) is 18.2 Å². The number of hydrogen-bond acceptors (Lipinski definition) is 4. The van der Waals surface area contributed by atoms with E-state index in [0.29, 0.717) is 29.3 Å². The molecule has 0 unspecified atom stereocenters. The summed E-state index contributed by atoms with van der Waals surface area (Å²) in [6.07, 6.45) is 4.07. The number of amides is 1. The molecule has 2 aromatic heterocycles. The standard InChI is InChI=1S/C20H18FN3OS/c21-16-8-6-15(7-9-16)14-26-20-18(5-3-12-24-20)19(25)23-13-10-17-4-1-2-11-22-17/h1-9,11-12H,10,13-14H2,(H,23,25). The Bertz CT molecular complexity index is 856. The highest BCUT2D eigenvalue weighted by Gasteiger charge is 2.12. The highest BCUT2D eigenvalue weighted by molar-refractivity contribution is 7.98. The lowest BCUT2D eigenvalue weighted by molar-refractivity contribution is 0.0950. The molecule has 3 aromatic rings. The Morgan fingerprint density at radius 1 is 1.00 bits per heavy atom. The van der Waals surface area contributed by atoms with Gasteiger partial charge in [0, 0.05) is 36.8 Å². The first kappa shape index (κ1) is 18.1. The topological polar surface area (TPSA) is 54.9 Å². The summed E-state index contributed by atoms with van der Waals surface area (Å²) in [6.45, 7) is 0.507. The van der Waals surface area contributed by atoms with Gasteiger partial charge in [-0.05, 0) is 42.0 Å². The minimum Gasteiger partial charge on any atom is -0.352 e. The predicted molar refractivity (Wildman–Crippen MR) is 100 cm³/mol. The van der Waals surface area contributed by atoms with E-state index in [0.717, 1.165) is 11.3 Å². The second-order valence-electron chi connectivity index (χ2n) is 5.60. The Labute approximate surface area is 155 Å². The Morgan fingerprint density at radius 3 is 2.58 bits per heavy atom. The number of nitrogens with one attached hydrogen (secondary N) is 1. The largest absolute Gasteiger partial charge is 0.352 e. The lowest BCUT2D eigenvalue weighted by Gasteiger charge is -2.09. The molecule has 1 N–H and O–H groups in total. The van der Waals surface area contributed by atoms with Crippen LogP contribution in [0.5, 0.6) is 0 Å². The molecule has 132 valence electrons. The predicted octanol–water partition coefficient (Wildman–Crippen LogP) is 3.88. The van der Waals surface area contributed by atoms with Crippen LogP contribution in [0, 0.1) is 5.82 Å². The summed E-state index contributed by atoms with van der Waals surface area (Å²) < 4.78 is 13.0.